The summed E-state index contributed by atoms with van der Waals surface area (Å²) in [6, 6.07) is 6.10. The summed E-state index contributed by atoms with van der Waals surface area (Å²) in [4.78, 5) is 4.13. The molecule has 6 heteroatoms. The molecule has 1 aromatic carbocycles. The van der Waals surface area contributed by atoms with Gasteiger partial charge in [-0.2, -0.15) is 5.10 Å². The number of fused-ring (bicyclic) bond motifs is 1. The molecule has 0 aliphatic heterocycles. The second kappa shape index (κ2) is 4.62. The molecular formula is C12H14N4OS. The molecule has 0 saturated carbocycles. The summed E-state index contributed by atoms with van der Waals surface area (Å²) >= 11 is 1.64. The zero-order valence-corrected chi connectivity index (χ0v) is 10.8. The number of ether oxygens (including phenoxy) is 1. The van der Waals surface area contributed by atoms with Gasteiger partial charge in [-0.1, -0.05) is 17.8 Å². The zero-order valence-electron chi connectivity index (χ0n) is 9.96. The van der Waals surface area contributed by atoms with E-state index in [1.54, 1.807) is 18.9 Å². The van der Waals surface area contributed by atoms with Gasteiger partial charge in [0, 0.05) is 11.3 Å². The van der Waals surface area contributed by atoms with Gasteiger partial charge in [-0.25, -0.2) is 4.98 Å². The van der Waals surface area contributed by atoms with Crippen molar-refractivity contribution in [3.8, 4) is 5.75 Å². The number of nitrogens with two attached hydrogens (primary N) is 1. The summed E-state index contributed by atoms with van der Waals surface area (Å²) in [5, 5.41) is 7.81. The first-order chi connectivity index (χ1) is 8.78. The van der Waals surface area contributed by atoms with Crippen molar-refractivity contribution in [3.05, 3.63) is 35.7 Å². The number of rotatable bonds is 3. The molecular weight excluding hydrogens is 248 g/mol. The number of hydrogen-bond donors (Lipinski definition) is 2. The highest BCUT2D eigenvalue weighted by Gasteiger charge is 2.31. The summed E-state index contributed by atoms with van der Waals surface area (Å²) < 4.78 is 5.24. The lowest BCUT2D eigenvalue weighted by Crippen LogP contribution is -2.19. The van der Waals surface area contributed by atoms with Crippen molar-refractivity contribution in [1.29, 1.82) is 0 Å². The Morgan fingerprint density at radius 1 is 1.50 bits per heavy atom. The van der Waals surface area contributed by atoms with Gasteiger partial charge >= 0.3 is 0 Å². The van der Waals surface area contributed by atoms with Gasteiger partial charge in [0.1, 0.15) is 12.1 Å². The summed E-state index contributed by atoms with van der Waals surface area (Å²) in [7, 11) is 1.67. The molecule has 0 amide bonds. The number of hydrogen-bond acceptors (Lipinski definition) is 5. The van der Waals surface area contributed by atoms with Crippen LogP contribution in [0, 0.1) is 0 Å². The van der Waals surface area contributed by atoms with Crippen molar-refractivity contribution < 1.29 is 4.74 Å². The first-order valence-corrected chi connectivity index (χ1v) is 6.60. The van der Waals surface area contributed by atoms with Crippen LogP contribution in [0.5, 0.6) is 5.75 Å². The number of nitrogens with one attached hydrogen (secondary N) is 1. The second-order valence-corrected chi connectivity index (χ2v) is 5.47. The zero-order chi connectivity index (χ0) is 12.5. The highest BCUT2D eigenvalue weighted by Crippen LogP contribution is 2.40. The lowest BCUT2D eigenvalue weighted by molar-refractivity contribution is 0.414. The maximum Gasteiger partial charge on any atom is 0.183 e. The van der Waals surface area contributed by atoms with Crippen LogP contribution in [0.15, 0.2) is 29.7 Å². The van der Waals surface area contributed by atoms with E-state index in [0.29, 0.717) is 5.25 Å². The van der Waals surface area contributed by atoms with Crippen LogP contribution in [0.4, 0.5) is 0 Å². The van der Waals surface area contributed by atoms with E-state index in [1.165, 1.54) is 17.5 Å². The van der Waals surface area contributed by atoms with Crippen LogP contribution >= 0.6 is 11.8 Å². The first-order valence-electron chi connectivity index (χ1n) is 5.72. The van der Waals surface area contributed by atoms with Crippen LogP contribution < -0.4 is 10.5 Å². The molecule has 5 nitrogen and oxygen atoms in total. The molecule has 1 heterocycles. The third kappa shape index (κ3) is 1.97. The van der Waals surface area contributed by atoms with Crippen LogP contribution in [0.1, 0.15) is 17.2 Å². The van der Waals surface area contributed by atoms with E-state index in [9.17, 15) is 0 Å². The minimum atomic E-state index is 0.00481. The molecule has 18 heavy (non-hydrogen) atoms. The molecule has 0 bridgehead atoms. The standard InChI is InChI=1S/C12H14N4OS/c1-17-8-3-2-7-4-10(11(13)9(7)5-8)18-12-14-6-15-16-12/h2-3,5-6,10-11H,4,13H2,1H3,(H,14,15,16). The number of thioether (sulfide) groups is 1. The molecule has 0 radical (unpaired) electrons. The van der Waals surface area contributed by atoms with Crippen molar-refractivity contribution in [2.45, 2.75) is 22.9 Å². The van der Waals surface area contributed by atoms with Gasteiger partial charge in [0.2, 0.25) is 0 Å². The third-order valence-electron chi connectivity index (χ3n) is 3.19. The molecule has 2 atom stereocenters. The van der Waals surface area contributed by atoms with E-state index >= 15 is 0 Å². The Labute approximate surface area is 109 Å². The molecule has 0 saturated heterocycles. The average Bonchev–Trinajstić information content (AvgIpc) is 2.99. The molecule has 1 aliphatic carbocycles. The number of aromatic amines is 1. The highest BCUT2D eigenvalue weighted by atomic mass is 32.2. The second-order valence-electron chi connectivity index (χ2n) is 4.24. The largest absolute Gasteiger partial charge is 0.497 e. The van der Waals surface area contributed by atoms with E-state index in [4.69, 9.17) is 10.5 Å². The van der Waals surface area contributed by atoms with Crippen LogP contribution in [0.2, 0.25) is 0 Å². The van der Waals surface area contributed by atoms with Crippen molar-refractivity contribution in [2.75, 3.05) is 7.11 Å². The first kappa shape index (κ1) is 11.6. The average molecular weight is 262 g/mol. The lowest BCUT2D eigenvalue weighted by atomic mass is 10.1. The number of methoxy groups -OCH3 is 1. The van der Waals surface area contributed by atoms with E-state index in [0.717, 1.165) is 17.3 Å². The Bertz CT molecular complexity index is 543. The summed E-state index contributed by atoms with van der Waals surface area (Å²) in [5.41, 5.74) is 8.76. The molecule has 3 rings (SSSR count). The lowest BCUT2D eigenvalue weighted by Gasteiger charge is -2.13. The molecule has 2 unspecified atom stereocenters. The van der Waals surface area contributed by atoms with Crippen LogP contribution in [-0.2, 0) is 6.42 Å². The Morgan fingerprint density at radius 2 is 2.39 bits per heavy atom. The highest BCUT2D eigenvalue weighted by molar-refractivity contribution is 7.99. The van der Waals surface area contributed by atoms with E-state index in [2.05, 4.69) is 21.2 Å². The number of nitrogens with zero attached hydrogens (tertiary/aromatic N) is 2. The molecule has 3 N–H and O–H groups in total. The summed E-state index contributed by atoms with van der Waals surface area (Å²) in [6.07, 6.45) is 2.46. The van der Waals surface area contributed by atoms with Gasteiger partial charge in [-0.05, 0) is 29.7 Å². The van der Waals surface area contributed by atoms with Gasteiger partial charge in [-0.15, -0.1) is 0 Å². The predicted octanol–water partition coefficient (Wildman–Crippen LogP) is 1.53. The quantitative estimate of drug-likeness (QED) is 0.877. The molecule has 0 fully saturated rings. The molecule has 94 valence electrons. The minimum absolute atomic E-state index is 0.00481. The van der Waals surface area contributed by atoms with Crippen LogP contribution in [-0.4, -0.2) is 27.5 Å². The van der Waals surface area contributed by atoms with Gasteiger partial charge in [0.25, 0.3) is 0 Å². The fourth-order valence-electron chi connectivity index (χ4n) is 2.25. The van der Waals surface area contributed by atoms with Crippen molar-refractivity contribution >= 4 is 11.8 Å². The van der Waals surface area contributed by atoms with E-state index in [-0.39, 0.29) is 6.04 Å². The number of H-pyrrole nitrogens is 1. The van der Waals surface area contributed by atoms with Gasteiger partial charge in [-0.3, -0.25) is 5.10 Å². The van der Waals surface area contributed by atoms with Crippen LogP contribution in [0.3, 0.4) is 0 Å². The summed E-state index contributed by atoms with van der Waals surface area (Å²) in [6.45, 7) is 0. The van der Waals surface area contributed by atoms with E-state index in [1.807, 2.05) is 12.1 Å². The fourth-order valence-corrected chi connectivity index (χ4v) is 3.31. The van der Waals surface area contributed by atoms with Crippen molar-refractivity contribution in [2.24, 2.45) is 5.73 Å². The van der Waals surface area contributed by atoms with Crippen molar-refractivity contribution in [3.63, 3.8) is 0 Å². The SMILES string of the molecule is COc1ccc2c(c1)C(N)C(Sc1ncn[nH]1)C2. The Balaban J connectivity index is 1.82. The Morgan fingerprint density at radius 3 is 3.11 bits per heavy atom. The molecule has 0 spiro atoms. The Hall–Kier alpha value is -1.53. The molecule has 1 aromatic heterocycles. The molecule has 2 aromatic rings. The smallest absolute Gasteiger partial charge is 0.183 e. The number of aromatic nitrogens is 3. The minimum Gasteiger partial charge on any atom is -0.497 e. The summed E-state index contributed by atoms with van der Waals surface area (Å²) in [5.74, 6) is 0.856. The number of benzene rings is 1. The Kier molecular flexibility index (Phi) is 2.97. The van der Waals surface area contributed by atoms with E-state index < -0.39 is 0 Å². The van der Waals surface area contributed by atoms with Gasteiger partial charge in [0.15, 0.2) is 5.16 Å². The predicted molar refractivity (Wildman–Crippen MR) is 69.7 cm³/mol. The topological polar surface area (TPSA) is 76.8 Å². The molecule has 1 aliphatic rings. The monoisotopic (exact) mass is 262 g/mol. The van der Waals surface area contributed by atoms with Gasteiger partial charge in [0.05, 0.1) is 7.11 Å². The third-order valence-corrected chi connectivity index (χ3v) is 4.37. The van der Waals surface area contributed by atoms with Crippen LogP contribution in [0.25, 0.3) is 0 Å². The van der Waals surface area contributed by atoms with Gasteiger partial charge < -0.3 is 10.5 Å². The fraction of sp³-hybridized carbons (Fsp3) is 0.333. The maximum absolute atomic E-state index is 6.29. The van der Waals surface area contributed by atoms with Crippen molar-refractivity contribution in [1.82, 2.24) is 15.2 Å². The normalized spacial score (nSPS) is 21.9. The maximum atomic E-state index is 6.29.